The van der Waals surface area contributed by atoms with Gasteiger partial charge in [0.2, 0.25) is 0 Å². The number of benzene rings is 1. The molecule has 0 bridgehead atoms. The van der Waals surface area contributed by atoms with E-state index in [1.807, 2.05) is 24.3 Å². The molecule has 33 heavy (non-hydrogen) atoms. The summed E-state index contributed by atoms with van der Waals surface area (Å²) in [5, 5.41) is 0. The summed E-state index contributed by atoms with van der Waals surface area (Å²) < 4.78 is 11.5. The Hall–Kier alpha value is -1.77. The molecule has 2 saturated carbocycles. The number of rotatable bonds is 12. The fourth-order valence-corrected chi connectivity index (χ4v) is 5.64. The van der Waals surface area contributed by atoms with Crippen molar-refractivity contribution in [3.05, 3.63) is 36.4 Å². The number of allylic oxidation sites excluding steroid dienone is 1. The Labute approximate surface area is 202 Å². The lowest BCUT2D eigenvalue weighted by molar-refractivity contribution is -0.140. The monoisotopic (exact) mass is 454 g/mol. The molecule has 0 radical (unpaired) electrons. The molecule has 0 aromatic heterocycles. The lowest BCUT2D eigenvalue weighted by Gasteiger charge is -2.26. The van der Waals surface area contributed by atoms with E-state index in [4.69, 9.17) is 9.47 Å². The highest BCUT2D eigenvalue weighted by molar-refractivity contribution is 5.75. The van der Waals surface area contributed by atoms with Crippen LogP contribution in [0.25, 0.3) is 0 Å². The van der Waals surface area contributed by atoms with E-state index in [1.165, 1.54) is 64.2 Å². The van der Waals surface area contributed by atoms with Crippen LogP contribution >= 0.6 is 0 Å². The van der Waals surface area contributed by atoms with E-state index in [9.17, 15) is 4.79 Å². The van der Waals surface area contributed by atoms with E-state index in [-0.39, 0.29) is 11.9 Å². The number of esters is 1. The van der Waals surface area contributed by atoms with Gasteiger partial charge in [-0.05, 0) is 93.4 Å². The highest BCUT2D eigenvalue weighted by Crippen LogP contribution is 2.33. The first-order chi connectivity index (χ1) is 16.2. The Kier molecular flexibility index (Phi) is 11.3. The molecule has 1 aromatic carbocycles. The first kappa shape index (κ1) is 25.8. The van der Waals surface area contributed by atoms with Gasteiger partial charge in [0.05, 0.1) is 5.92 Å². The molecule has 0 aliphatic heterocycles. The van der Waals surface area contributed by atoms with Crippen LogP contribution in [0.4, 0.5) is 0 Å². The number of unbranched alkanes of at least 4 members (excludes halogenated alkanes) is 2. The maximum absolute atomic E-state index is 12.5. The Morgan fingerprint density at radius 2 is 1.45 bits per heavy atom. The standard InChI is InChI=1S/C30H46O3/c1-3-5-6-9-25-11-13-26(14-12-25)10-7-23-32-28-19-21-29(22-20-28)33-30(31)27-17-15-24(8-4-2)16-18-27/h7,10,19-22,24-27H,3-6,8-9,11-18,23H2,1-2H3/b10-7+. The lowest BCUT2D eigenvalue weighted by Crippen LogP contribution is -2.25. The van der Waals surface area contributed by atoms with E-state index < -0.39 is 0 Å². The average Bonchev–Trinajstić information content (AvgIpc) is 2.84. The normalized spacial score (nSPS) is 25.8. The highest BCUT2D eigenvalue weighted by atomic mass is 16.5. The Morgan fingerprint density at radius 3 is 2.12 bits per heavy atom. The second kappa shape index (κ2) is 14.5. The van der Waals surface area contributed by atoms with E-state index in [0.29, 0.717) is 12.4 Å². The zero-order valence-electron chi connectivity index (χ0n) is 21.1. The number of carbonyl (C=O) groups is 1. The van der Waals surface area contributed by atoms with Crippen molar-refractivity contribution in [3.8, 4) is 11.5 Å². The average molecular weight is 455 g/mol. The van der Waals surface area contributed by atoms with Crippen LogP contribution in [0.2, 0.25) is 0 Å². The van der Waals surface area contributed by atoms with Gasteiger partial charge < -0.3 is 9.47 Å². The van der Waals surface area contributed by atoms with Crippen molar-refractivity contribution < 1.29 is 14.3 Å². The Balaban J connectivity index is 1.31. The molecule has 0 heterocycles. The maximum atomic E-state index is 12.5. The van der Waals surface area contributed by atoms with Gasteiger partial charge in [0, 0.05) is 0 Å². The third-order valence-corrected chi connectivity index (χ3v) is 7.78. The van der Waals surface area contributed by atoms with Crippen molar-refractivity contribution in [1.29, 1.82) is 0 Å². The van der Waals surface area contributed by atoms with Crippen molar-refractivity contribution in [1.82, 2.24) is 0 Å². The maximum Gasteiger partial charge on any atom is 0.314 e. The number of hydrogen-bond donors (Lipinski definition) is 0. The minimum absolute atomic E-state index is 0.0607. The van der Waals surface area contributed by atoms with Gasteiger partial charge in [0.15, 0.2) is 0 Å². The predicted octanol–water partition coefficient (Wildman–Crippen LogP) is 8.52. The molecule has 0 spiro atoms. The minimum atomic E-state index is -0.0679. The molecule has 3 rings (SSSR count). The second-order valence-electron chi connectivity index (χ2n) is 10.4. The molecule has 0 saturated heterocycles. The number of ether oxygens (including phenoxy) is 2. The van der Waals surface area contributed by atoms with Crippen LogP contribution < -0.4 is 9.47 Å². The van der Waals surface area contributed by atoms with Crippen molar-refractivity contribution in [3.63, 3.8) is 0 Å². The van der Waals surface area contributed by atoms with Crippen LogP contribution in [0, 0.1) is 23.7 Å². The van der Waals surface area contributed by atoms with Crippen molar-refractivity contribution in [2.45, 2.75) is 104 Å². The van der Waals surface area contributed by atoms with Crippen LogP contribution in [0.1, 0.15) is 104 Å². The van der Waals surface area contributed by atoms with Crippen molar-refractivity contribution >= 4 is 5.97 Å². The van der Waals surface area contributed by atoms with E-state index in [0.717, 1.165) is 49.2 Å². The molecule has 2 fully saturated rings. The Bertz CT molecular complexity index is 692. The third-order valence-electron chi connectivity index (χ3n) is 7.78. The first-order valence-corrected chi connectivity index (χ1v) is 13.8. The molecule has 2 aliphatic carbocycles. The topological polar surface area (TPSA) is 35.5 Å². The SMILES string of the molecule is CCCCCC1CCC(/C=C/COc2ccc(OC(=O)C3CCC(CCC)CC3)cc2)CC1. The predicted molar refractivity (Wildman–Crippen MR) is 137 cm³/mol. The molecule has 3 nitrogen and oxygen atoms in total. The minimum Gasteiger partial charge on any atom is -0.490 e. The van der Waals surface area contributed by atoms with Gasteiger partial charge in [-0.25, -0.2) is 0 Å². The summed E-state index contributed by atoms with van der Waals surface area (Å²) in [5.41, 5.74) is 0. The van der Waals surface area contributed by atoms with Gasteiger partial charge in [-0.15, -0.1) is 0 Å². The van der Waals surface area contributed by atoms with Gasteiger partial charge in [-0.2, -0.15) is 0 Å². The van der Waals surface area contributed by atoms with E-state index in [1.54, 1.807) is 0 Å². The second-order valence-corrected chi connectivity index (χ2v) is 10.4. The number of carbonyl (C=O) groups excluding carboxylic acids is 1. The lowest BCUT2D eigenvalue weighted by atomic mass is 9.79. The summed E-state index contributed by atoms with van der Waals surface area (Å²) in [6, 6.07) is 7.49. The number of hydrogen-bond acceptors (Lipinski definition) is 3. The Morgan fingerprint density at radius 1 is 0.818 bits per heavy atom. The quantitative estimate of drug-likeness (QED) is 0.137. The third kappa shape index (κ3) is 9.18. The van der Waals surface area contributed by atoms with Crippen LogP contribution in [0.15, 0.2) is 36.4 Å². The van der Waals surface area contributed by atoms with E-state index >= 15 is 0 Å². The molecular formula is C30H46O3. The highest BCUT2D eigenvalue weighted by Gasteiger charge is 2.27. The molecule has 0 amide bonds. The molecule has 1 aromatic rings. The summed E-state index contributed by atoms with van der Waals surface area (Å²) in [4.78, 5) is 12.5. The van der Waals surface area contributed by atoms with E-state index in [2.05, 4.69) is 26.0 Å². The fourth-order valence-electron chi connectivity index (χ4n) is 5.64. The first-order valence-electron chi connectivity index (χ1n) is 13.8. The molecular weight excluding hydrogens is 408 g/mol. The van der Waals surface area contributed by atoms with Crippen LogP contribution in [-0.2, 0) is 4.79 Å². The smallest absolute Gasteiger partial charge is 0.314 e. The fraction of sp³-hybridized carbons (Fsp3) is 0.700. The summed E-state index contributed by atoms with van der Waals surface area (Å²) >= 11 is 0. The molecule has 2 aliphatic rings. The zero-order chi connectivity index (χ0) is 23.3. The summed E-state index contributed by atoms with van der Waals surface area (Å²) in [6.07, 6.45) is 22.3. The van der Waals surface area contributed by atoms with Crippen LogP contribution in [0.3, 0.4) is 0 Å². The van der Waals surface area contributed by atoms with Gasteiger partial charge in [-0.1, -0.05) is 64.5 Å². The molecule has 0 N–H and O–H groups in total. The van der Waals surface area contributed by atoms with Crippen LogP contribution in [0.5, 0.6) is 11.5 Å². The van der Waals surface area contributed by atoms with Crippen LogP contribution in [-0.4, -0.2) is 12.6 Å². The van der Waals surface area contributed by atoms with Gasteiger partial charge in [0.25, 0.3) is 0 Å². The molecule has 184 valence electrons. The summed E-state index contributed by atoms with van der Waals surface area (Å²) in [7, 11) is 0. The van der Waals surface area contributed by atoms with Crippen molar-refractivity contribution in [2.24, 2.45) is 23.7 Å². The van der Waals surface area contributed by atoms with Gasteiger partial charge in [0.1, 0.15) is 18.1 Å². The molecule has 0 atom stereocenters. The van der Waals surface area contributed by atoms with Gasteiger partial charge >= 0.3 is 5.97 Å². The molecule has 0 unspecified atom stereocenters. The summed E-state index contributed by atoms with van der Waals surface area (Å²) in [5.74, 6) is 3.91. The molecule has 3 heteroatoms. The van der Waals surface area contributed by atoms with Crippen molar-refractivity contribution in [2.75, 3.05) is 6.61 Å². The summed E-state index contributed by atoms with van der Waals surface area (Å²) in [6.45, 7) is 5.12. The zero-order valence-corrected chi connectivity index (χ0v) is 21.1. The largest absolute Gasteiger partial charge is 0.490 e. The van der Waals surface area contributed by atoms with Gasteiger partial charge in [-0.3, -0.25) is 4.79 Å².